The normalized spacial score (nSPS) is 19.9. The van der Waals surface area contributed by atoms with E-state index in [2.05, 4.69) is 5.32 Å². The van der Waals surface area contributed by atoms with Gasteiger partial charge in [0.1, 0.15) is 0 Å². The molecule has 2 aliphatic rings. The van der Waals surface area contributed by atoms with Crippen LogP contribution >= 0.6 is 0 Å². The molecule has 0 unspecified atom stereocenters. The molecule has 1 aromatic carbocycles. The van der Waals surface area contributed by atoms with E-state index in [0.29, 0.717) is 23.7 Å². The molecule has 3 rings (SSSR count). The Balaban J connectivity index is 1.52. The number of quaternary nitrogens is 1. The highest BCUT2D eigenvalue weighted by Gasteiger charge is 2.35. The van der Waals surface area contributed by atoms with Crippen molar-refractivity contribution in [2.45, 2.75) is 51.0 Å². The first-order chi connectivity index (χ1) is 10.8. The van der Waals surface area contributed by atoms with Gasteiger partial charge in [0, 0.05) is 0 Å². The maximum Gasteiger partial charge on any atom is 0.261 e. The van der Waals surface area contributed by atoms with Gasteiger partial charge in [-0.3, -0.25) is 14.5 Å². The van der Waals surface area contributed by atoms with Gasteiger partial charge in [-0.1, -0.05) is 31.4 Å². The van der Waals surface area contributed by atoms with Crippen molar-refractivity contribution >= 4 is 11.8 Å². The maximum atomic E-state index is 12.3. The second kappa shape index (κ2) is 7.05. The number of benzene rings is 1. The van der Waals surface area contributed by atoms with Crippen LogP contribution in [0.3, 0.4) is 0 Å². The first kappa shape index (κ1) is 15.2. The van der Waals surface area contributed by atoms with Crippen LogP contribution < -0.4 is 5.32 Å². The molecule has 0 atom stereocenters. The summed E-state index contributed by atoms with van der Waals surface area (Å²) in [7, 11) is 0. The summed E-state index contributed by atoms with van der Waals surface area (Å²) >= 11 is 0. The highest BCUT2D eigenvalue weighted by atomic mass is 16.2. The van der Waals surface area contributed by atoms with E-state index in [-0.39, 0.29) is 11.8 Å². The number of rotatable bonds is 4. The Labute approximate surface area is 131 Å². The first-order valence-corrected chi connectivity index (χ1v) is 8.56. The third kappa shape index (κ3) is 3.22. The predicted molar refractivity (Wildman–Crippen MR) is 84.7 cm³/mol. The van der Waals surface area contributed by atoms with E-state index in [1.165, 1.54) is 49.8 Å². The van der Waals surface area contributed by atoms with E-state index in [1.807, 2.05) is 12.1 Å². The van der Waals surface area contributed by atoms with Crippen molar-refractivity contribution in [3.63, 3.8) is 0 Å². The van der Waals surface area contributed by atoms with Gasteiger partial charge in [0.15, 0.2) is 0 Å². The van der Waals surface area contributed by atoms with Crippen molar-refractivity contribution in [2.24, 2.45) is 0 Å². The third-order valence-electron chi connectivity index (χ3n) is 4.88. The minimum atomic E-state index is -0.133. The predicted octanol–water partition coefficient (Wildman–Crippen LogP) is 1.96. The van der Waals surface area contributed by atoms with Crippen LogP contribution in [-0.2, 0) is 0 Å². The van der Waals surface area contributed by atoms with Gasteiger partial charge < -0.3 is 5.32 Å². The second-order valence-corrected chi connectivity index (χ2v) is 6.44. The molecule has 4 nitrogen and oxygen atoms in total. The van der Waals surface area contributed by atoms with Gasteiger partial charge in [0.25, 0.3) is 11.8 Å². The number of carbonyl (C=O) groups excluding carboxylic acids is 2. The molecule has 1 saturated carbocycles. The van der Waals surface area contributed by atoms with Gasteiger partial charge in [0.05, 0.1) is 30.3 Å². The largest absolute Gasteiger partial charge is 0.342 e. The lowest BCUT2D eigenvalue weighted by atomic mass is 9.97. The van der Waals surface area contributed by atoms with Crippen molar-refractivity contribution < 1.29 is 14.9 Å². The molecule has 1 aliphatic carbocycles. The van der Waals surface area contributed by atoms with Crippen LogP contribution in [-0.4, -0.2) is 35.8 Å². The summed E-state index contributed by atoms with van der Waals surface area (Å²) in [6, 6.07) is 7.78. The first-order valence-electron chi connectivity index (χ1n) is 8.56. The number of nitrogens with two attached hydrogens (primary N) is 1. The molecular weight excluding hydrogens is 276 g/mol. The summed E-state index contributed by atoms with van der Waals surface area (Å²) in [6.45, 7) is 1.33. The van der Waals surface area contributed by atoms with Crippen molar-refractivity contribution in [1.82, 2.24) is 4.90 Å². The van der Waals surface area contributed by atoms with Crippen LogP contribution in [0.15, 0.2) is 24.3 Å². The number of carbonyl (C=O) groups is 2. The Bertz CT molecular complexity index is 513. The van der Waals surface area contributed by atoms with Crippen LogP contribution in [0.25, 0.3) is 0 Å². The van der Waals surface area contributed by atoms with Crippen molar-refractivity contribution in [3.8, 4) is 0 Å². The lowest BCUT2D eigenvalue weighted by Gasteiger charge is -2.20. The van der Waals surface area contributed by atoms with Crippen LogP contribution in [0.1, 0.15) is 65.7 Å². The van der Waals surface area contributed by atoms with Crippen molar-refractivity contribution in [3.05, 3.63) is 35.4 Å². The maximum absolute atomic E-state index is 12.3. The van der Waals surface area contributed by atoms with E-state index in [4.69, 9.17) is 0 Å². The molecule has 1 heterocycles. The summed E-state index contributed by atoms with van der Waals surface area (Å²) < 4.78 is 0. The van der Waals surface area contributed by atoms with Crippen molar-refractivity contribution in [2.75, 3.05) is 13.1 Å². The fourth-order valence-corrected chi connectivity index (χ4v) is 3.60. The van der Waals surface area contributed by atoms with Gasteiger partial charge in [-0.2, -0.15) is 0 Å². The number of nitrogens with zero attached hydrogens (tertiary/aromatic N) is 1. The molecule has 1 fully saturated rings. The van der Waals surface area contributed by atoms with Gasteiger partial charge in [-0.05, 0) is 37.8 Å². The highest BCUT2D eigenvalue weighted by Crippen LogP contribution is 2.21. The van der Waals surface area contributed by atoms with Gasteiger partial charge >= 0.3 is 0 Å². The molecule has 0 aromatic heterocycles. The summed E-state index contributed by atoms with van der Waals surface area (Å²) in [6.07, 6.45) is 9.24. The molecule has 4 heteroatoms. The lowest BCUT2D eigenvalue weighted by Crippen LogP contribution is -2.91. The summed E-state index contributed by atoms with van der Waals surface area (Å²) in [5, 5.41) is 2.34. The molecule has 0 bridgehead atoms. The minimum Gasteiger partial charge on any atom is -0.342 e. The van der Waals surface area contributed by atoms with Crippen molar-refractivity contribution in [1.29, 1.82) is 0 Å². The quantitative estimate of drug-likeness (QED) is 0.864. The molecule has 2 amide bonds. The summed E-state index contributed by atoms with van der Waals surface area (Å²) in [5.74, 6) is -0.265. The molecule has 0 spiro atoms. The monoisotopic (exact) mass is 301 g/mol. The molecule has 1 aromatic rings. The number of amides is 2. The number of hydrogen-bond donors (Lipinski definition) is 1. The van der Waals surface area contributed by atoms with E-state index in [1.54, 1.807) is 12.1 Å². The Morgan fingerprint density at radius 1 is 0.909 bits per heavy atom. The van der Waals surface area contributed by atoms with E-state index in [9.17, 15) is 9.59 Å². The Morgan fingerprint density at radius 2 is 1.45 bits per heavy atom. The third-order valence-corrected chi connectivity index (χ3v) is 4.88. The van der Waals surface area contributed by atoms with Gasteiger partial charge in [-0.25, -0.2) is 0 Å². The molecule has 0 radical (unpaired) electrons. The number of imide groups is 1. The molecular formula is C18H25N2O2+. The van der Waals surface area contributed by atoms with Crippen LogP contribution in [0.5, 0.6) is 0 Å². The zero-order valence-corrected chi connectivity index (χ0v) is 13.1. The topological polar surface area (TPSA) is 54.0 Å². The average Bonchev–Trinajstić information content (AvgIpc) is 2.74. The van der Waals surface area contributed by atoms with Gasteiger partial charge in [-0.15, -0.1) is 0 Å². The summed E-state index contributed by atoms with van der Waals surface area (Å²) in [5.41, 5.74) is 1.11. The zero-order valence-electron chi connectivity index (χ0n) is 13.1. The average molecular weight is 301 g/mol. The molecule has 22 heavy (non-hydrogen) atoms. The molecule has 1 aliphatic heterocycles. The second-order valence-electron chi connectivity index (χ2n) is 6.44. The van der Waals surface area contributed by atoms with Crippen LogP contribution in [0.2, 0.25) is 0 Å². The smallest absolute Gasteiger partial charge is 0.261 e. The Kier molecular flexibility index (Phi) is 4.88. The van der Waals surface area contributed by atoms with Crippen LogP contribution in [0, 0.1) is 0 Å². The Hall–Kier alpha value is -1.68. The van der Waals surface area contributed by atoms with E-state index in [0.717, 1.165) is 6.54 Å². The van der Waals surface area contributed by atoms with E-state index >= 15 is 0 Å². The zero-order chi connectivity index (χ0) is 15.4. The SMILES string of the molecule is O=C1c2ccccc2C(=O)N1CC[NH2+]C1CCCCCCC1. The molecule has 118 valence electrons. The molecule has 0 saturated heterocycles. The van der Waals surface area contributed by atoms with Crippen LogP contribution in [0.4, 0.5) is 0 Å². The Morgan fingerprint density at radius 3 is 2.05 bits per heavy atom. The molecule has 2 N–H and O–H groups in total. The fraction of sp³-hybridized carbons (Fsp3) is 0.556. The van der Waals surface area contributed by atoms with E-state index < -0.39 is 0 Å². The number of hydrogen-bond acceptors (Lipinski definition) is 2. The lowest BCUT2D eigenvalue weighted by molar-refractivity contribution is -0.690. The fourth-order valence-electron chi connectivity index (χ4n) is 3.60. The van der Waals surface area contributed by atoms with Gasteiger partial charge in [0.2, 0.25) is 0 Å². The number of fused-ring (bicyclic) bond motifs is 1. The highest BCUT2D eigenvalue weighted by molar-refractivity contribution is 6.21. The minimum absolute atomic E-state index is 0.133. The standard InChI is InChI=1S/C18H24N2O2/c21-17-15-10-6-7-11-16(15)18(22)20(17)13-12-19-14-8-4-2-1-3-5-9-14/h6-7,10-11,14,19H,1-5,8-9,12-13H2/p+1. The summed E-state index contributed by atoms with van der Waals surface area (Å²) in [4.78, 5) is 26.0.